The molecule has 0 unspecified atom stereocenters. The Morgan fingerprint density at radius 3 is 2.64 bits per heavy atom. The number of carbonyl (C=O) groups is 2. The van der Waals surface area contributed by atoms with Crippen LogP contribution in [0.2, 0.25) is 0 Å². The molecule has 1 aromatic heterocycles. The van der Waals surface area contributed by atoms with Crippen molar-refractivity contribution < 1.29 is 9.59 Å². The van der Waals surface area contributed by atoms with E-state index in [9.17, 15) is 9.59 Å². The van der Waals surface area contributed by atoms with Gasteiger partial charge in [-0.1, -0.05) is 18.2 Å². The fraction of sp³-hybridized carbons (Fsp3) is 0.250. The molecule has 5 heteroatoms. The summed E-state index contributed by atoms with van der Waals surface area (Å²) in [5, 5.41) is 0. The highest BCUT2D eigenvalue weighted by molar-refractivity contribution is 6.01. The number of carbonyl (C=O) groups excluding carboxylic acids is 2. The Morgan fingerprint density at radius 2 is 1.92 bits per heavy atom. The van der Waals surface area contributed by atoms with Crippen LogP contribution in [0.3, 0.4) is 0 Å². The van der Waals surface area contributed by atoms with E-state index in [-0.39, 0.29) is 11.8 Å². The van der Waals surface area contributed by atoms with Crippen LogP contribution in [0, 0.1) is 0 Å². The highest BCUT2D eigenvalue weighted by atomic mass is 16.2. The number of anilines is 1. The van der Waals surface area contributed by atoms with Gasteiger partial charge in [-0.25, -0.2) is 0 Å². The smallest absolute Gasteiger partial charge is 0.249 e. The highest BCUT2D eigenvalue weighted by Gasteiger charge is 2.33. The first-order valence-corrected chi connectivity index (χ1v) is 8.38. The molecular weight excluding hydrogens is 314 g/mol. The topological polar surface area (TPSA) is 53.5 Å². The summed E-state index contributed by atoms with van der Waals surface area (Å²) in [4.78, 5) is 32.6. The van der Waals surface area contributed by atoms with Crippen molar-refractivity contribution in [1.82, 2.24) is 9.88 Å². The van der Waals surface area contributed by atoms with Gasteiger partial charge in [0.2, 0.25) is 11.8 Å². The molecule has 2 amide bonds. The van der Waals surface area contributed by atoms with Crippen LogP contribution in [0.25, 0.3) is 6.08 Å². The van der Waals surface area contributed by atoms with Gasteiger partial charge in [0.15, 0.2) is 0 Å². The Kier molecular flexibility index (Phi) is 5.23. The molecule has 0 spiro atoms. The van der Waals surface area contributed by atoms with E-state index in [4.69, 9.17) is 0 Å². The minimum Gasteiger partial charge on any atom is -0.330 e. The summed E-state index contributed by atoms with van der Waals surface area (Å²) in [7, 11) is 1.69. The van der Waals surface area contributed by atoms with E-state index in [0.29, 0.717) is 13.0 Å². The summed E-state index contributed by atoms with van der Waals surface area (Å²) in [5.41, 5.74) is 1.78. The Morgan fingerprint density at radius 1 is 1.20 bits per heavy atom. The van der Waals surface area contributed by atoms with Crippen molar-refractivity contribution in [2.45, 2.75) is 18.9 Å². The Balaban J connectivity index is 1.70. The molecule has 1 atom stereocenters. The van der Waals surface area contributed by atoms with E-state index in [1.54, 1.807) is 30.4 Å². The third-order valence-electron chi connectivity index (χ3n) is 4.42. The van der Waals surface area contributed by atoms with E-state index >= 15 is 0 Å². The zero-order valence-electron chi connectivity index (χ0n) is 14.2. The zero-order chi connectivity index (χ0) is 17.6. The van der Waals surface area contributed by atoms with Crippen molar-refractivity contribution in [1.29, 1.82) is 0 Å². The number of amides is 2. The lowest BCUT2D eigenvalue weighted by Crippen LogP contribution is -2.52. The maximum Gasteiger partial charge on any atom is 0.249 e. The molecule has 1 fully saturated rings. The summed E-state index contributed by atoms with van der Waals surface area (Å²) in [5.74, 6) is -0.198. The number of aromatic nitrogens is 1. The molecule has 128 valence electrons. The van der Waals surface area contributed by atoms with Crippen molar-refractivity contribution >= 4 is 23.6 Å². The fourth-order valence-corrected chi connectivity index (χ4v) is 2.99. The monoisotopic (exact) mass is 335 g/mol. The Bertz CT molecular complexity index is 759. The zero-order valence-corrected chi connectivity index (χ0v) is 14.2. The molecule has 1 aliphatic heterocycles. The number of piperidine rings is 1. The molecule has 25 heavy (non-hydrogen) atoms. The third kappa shape index (κ3) is 3.94. The summed E-state index contributed by atoms with van der Waals surface area (Å²) in [6.45, 7) is 0.689. The van der Waals surface area contributed by atoms with Gasteiger partial charge in [0.25, 0.3) is 0 Å². The molecule has 3 rings (SSSR count). The lowest BCUT2D eigenvalue weighted by molar-refractivity contribution is -0.135. The average molecular weight is 335 g/mol. The van der Waals surface area contributed by atoms with E-state index < -0.39 is 6.04 Å². The molecule has 0 saturated carbocycles. The van der Waals surface area contributed by atoms with Crippen LogP contribution in [0.4, 0.5) is 5.69 Å². The first-order chi connectivity index (χ1) is 12.2. The van der Waals surface area contributed by atoms with Crippen LogP contribution in [-0.2, 0) is 9.59 Å². The molecule has 1 saturated heterocycles. The average Bonchev–Trinajstić information content (AvgIpc) is 2.67. The van der Waals surface area contributed by atoms with Crippen LogP contribution >= 0.6 is 0 Å². The van der Waals surface area contributed by atoms with Crippen LogP contribution in [0.1, 0.15) is 18.4 Å². The van der Waals surface area contributed by atoms with E-state index in [1.807, 2.05) is 42.5 Å². The molecule has 0 aliphatic carbocycles. The SMILES string of the molecule is CN(C(=O)/C=C/c1ccncc1)[C@@H]1CCCN(c2ccccc2)C1=O. The Hall–Kier alpha value is -2.95. The number of para-hydroxylation sites is 1. The van der Waals surface area contributed by atoms with Crippen molar-refractivity contribution in [3.8, 4) is 0 Å². The number of hydrogen-bond donors (Lipinski definition) is 0. The normalized spacial score (nSPS) is 17.7. The van der Waals surface area contributed by atoms with Crippen molar-refractivity contribution in [3.63, 3.8) is 0 Å². The van der Waals surface area contributed by atoms with Crippen molar-refractivity contribution in [3.05, 3.63) is 66.5 Å². The summed E-state index contributed by atoms with van der Waals surface area (Å²) < 4.78 is 0. The molecule has 0 N–H and O–H groups in total. The molecule has 1 aromatic carbocycles. The summed E-state index contributed by atoms with van der Waals surface area (Å²) in [6.07, 6.45) is 8.16. The standard InChI is InChI=1S/C20H21N3O2/c1-22(19(24)10-9-16-11-13-21-14-12-16)18-8-5-15-23(20(18)25)17-6-3-2-4-7-17/h2-4,6-7,9-14,18H,5,8,15H2,1H3/b10-9+/t18-/m1/s1. The molecule has 0 radical (unpaired) electrons. The second kappa shape index (κ2) is 7.75. The largest absolute Gasteiger partial charge is 0.330 e. The Labute approximate surface area is 147 Å². The van der Waals surface area contributed by atoms with Gasteiger partial charge in [-0.15, -0.1) is 0 Å². The van der Waals surface area contributed by atoms with Crippen LogP contribution in [-0.4, -0.2) is 41.3 Å². The molecule has 5 nitrogen and oxygen atoms in total. The maximum atomic E-state index is 12.8. The first kappa shape index (κ1) is 16.9. The lowest BCUT2D eigenvalue weighted by Gasteiger charge is -2.36. The van der Waals surface area contributed by atoms with E-state index in [2.05, 4.69) is 4.98 Å². The van der Waals surface area contributed by atoms with E-state index in [0.717, 1.165) is 17.7 Å². The quantitative estimate of drug-likeness (QED) is 0.807. The van der Waals surface area contributed by atoms with Gasteiger partial charge in [-0.05, 0) is 48.7 Å². The maximum absolute atomic E-state index is 12.8. The van der Waals surface area contributed by atoms with Gasteiger partial charge in [0.1, 0.15) is 6.04 Å². The third-order valence-corrected chi connectivity index (χ3v) is 4.42. The van der Waals surface area contributed by atoms with Gasteiger partial charge < -0.3 is 9.80 Å². The van der Waals surface area contributed by atoms with Gasteiger partial charge >= 0.3 is 0 Å². The predicted molar refractivity (Wildman–Crippen MR) is 97.9 cm³/mol. The minimum atomic E-state index is -0.427. The molecule has 0 bridgehead atoms. The van der Waals surface area contributed by atoms with Crippen LogP contribution < -0.4 is 4.90 Å². The fourth-order valence-electron chi connectivity index (χ4n) is 2.99. The van der Waals surface area contributed by atoms with Gasteiger partial charge in [-0.3, -0.25) is 14.6 Å². The number of pyridine rings is 1. The number of benzene rings is 1. The lowest BCUT2D eigenvalue weighted by atomic mass is 10.0. The number of hydrogen-bond acceptors (Lipinski definition) is 3. The predicted octanol–water partition coefficient (Wildman–Crippen LogP) is 2.75. The second-order valence-corrected chi connectivity index (χ2v) is 6.05. The number of nitrogens with zero attached hydrogens (tertiary/aromatic N) is 3. The summed E-state index contributed by atoms with van der Waals surface area (Å²) >= 11 is 0. The highest BCUT2D eigenvalue weighted by Crippen LogP contribution is 2.23. The minimum absolute atomic E-state index is 0.0226. The second-order valence-electron chi connectivity index (χ2n) is 6.05. The number of rotatable bonds is 4. The van der Waals surface area contributed by atoms with Crippen molar-refractivity contribution in [2.75, 3.05) is 18.5 Å². The van der Waals surface area contributed by atoms with E-state index in [1.165, 1.54) is 11.0 Å². The molecule has 1 aliphatic rings. The summed E-state index contributed by atoms with van der Waals surface area (Å²) in [6, 6.07) is 12.8. The molecule has 2 heterocycles. The van der Waals surface area contributed by atoms with Gasteiger partial charge in [0.05, 0.1) is 0 Å². The first-order valence-electron chi connectivity index (χ1n) is 8.38. The number of likely N-dealkylation sites (N-methyl/N-ethyl adjacent to an activating group) is 1. The van der Waals surface area contributed by atoms with Crippen LogP contribution in [0.15, 0.2) is 60.9 Å². The van der Waals surface area contributed by atoms with Gasteiger partial charge in [-0.2, -0.15) is 0 Å². The molecule has 2 aromatic rings. The van der Waals surface area contributed by atoms with Crippen molar-refractivity contribution in [2.24, 2.45) is 0 Å². The molecular formula is C20H21N3O2. The van der Waals surface area contributed by atoms with Gasteiger partial charge in [0, 0.05) is 37.7 Å². The van der Waals surface area contributed by atoms with Crippen LogP contribution in [0.5, 0.6) is 0 Å².